The fraction of sp³-hybridized carbons (Fsp3) is 0.111. The molecule has 0 saturated carbocycles. The molecular weight excluding hydrogens is 276 g/mol. The number of benzene rings is 1. The molecule has 3 N–H and O–H groups in total. The summed E-state index contributed by atoms with van der Waals surface area (Å²) in [6.45, 7) is 0.294. The summed E-state index contributed by atoms with van der Waals surface area (Å²) < 4.78 is 31.9. The van der Waals surface area contributed by atoms with Gasteiger partial charge in [-0.1, -0.05) is 4.49 Å². The number of nitrogens with one attached hydrogen (secondary N) is 1. The number of primary sulfonamides is 1. The van der Waals surface area contributed by atoms with E-state index in [1.54, 1.807) is 6.20 Å². The third-order valence-electron chi connectivity index (χ3n) is 2.51. The van der Waals surface area contributed by atoms with Crippen LogP contribution in [0.15, 0.2) is 23.2 Å². The molecule has 18 heavy (non-hydrogen) atoms. The molecule has 0 atom stereocenters. The smallest absolute Gasteiger partial charge is 0.238 e. The van der Waals surface area contributed by atoms with E-state index in [9.17, 15) is 8.42 Å². The molecule has 94 valence electrons. The molecule has 0 unspecified atom stereocenters. The van der Waals surface area contributed by atoms with E-state index in [-0.39, 0.29) is 4.90 Å². The molecule has 2 aromatic rings. The molecule has 0 amide bonds. The fourth-order valence-corrected chi connectivity index (χ4v) is 2.81. The first-order valence-electron chi connectivity index (χ1n) is 4.91. The lowest BCUT2D eigenvalue weighted by Crippen LogP contribution is -2.12. The number of anilines is 1. The number of nitrogens with two attached hydrogens (primary N) is 1. The second-order valence-corrected chi connectivity index (χ2v) is 5.98. The van der Waals surface area contributed by atoms with Crippen LogP contribution < -0.4 is 15.2 Å². The summed E-state index contributed by atoms with van der Waals surface area (Å²) in [5.74, 6) is 0.463. The van der Waals surface area contributed by atoms with Gasteiger partial charge in [0.25, 0.3) is 0 Å². The number of nitrogens with zero attached hydrogens (tertiary/aromatic N) is 2. The van der Waals surface area contributed by atoms with Crippen LogP contribution in [0.5, 0.6) is 5.75 Å². The van der Waals surface area contributed by atoms with Crippen molar-refractivity contribution in [3.05, 3.63) is 18.3 Å². The third kappa shape index (κ3) is 1.82. The van der Waals surface area contributed by atoms with Crippen molar-refractivity contribution in [1.82, 2.24) is 9.59 Å². The average molecular weight is 284 g/mol. The average Bonchev–Trinajstić information content (AvgIpc) is 2.97. The van der Waals surface area contributed by atoms with E-state index >= 15 is 0 Å². The van der Waals surface area contributed by atoms with Crippen LogP contribution in [0.3, 0.4) is 0 Å². The fourth-order valence-electron chi connectivity index (χ4n) is 1.72. The van der Waals surface area contributed by atoms with Gasteiger partial charge >= 0.3 is 0 Å². The van der Waals surface area contributed by atoms with Gasteiger partial charge in [0.15, 0.2) is 6.73 Å². The van der Waals surface area contributed by atoms with Crippen molar-refractivity contribution in [3.63, 3.8) is 0 Å². The van der Waals surface area contributed by atoms with Crippen LogP contribution >= 0.6 is 11.5 Å². The Morgan fingerprint density at radius 1 is 1.44 bits per heavy atom. The van der Waals surface area contributed by atoms with Gasteiger partial charge in [0.1, 0.15) is 5.75 Å². The Morgan fingerprint density at radius 3 is 2.94 bits per heavy atom. The minimum absolute atomic E-state index is 0.00773. The maximum Gasteiger partial charge on any atom is 0.238 e. The second kappa shape index (κ2) is 3.90. The van der Waals surface area contributed by atoms with Crippen LogP contribution in [0, 0.1) is 0 Å². The highest BCUT2D eigenvalue weighted by atomic mass is 32.2. The number of fused-ring (bicyclic) bond motifs is 1. The van der Waals surface area contributed by atoms with Crippen molar-refractivity contribution >= 4 is 27.2 Å². The Morgan fingerprint density at radius 2 is 2.28 bits per heavy atom. The number of sulfonamides is 1. The zero-order chi connectivity index (χ0) is 12.8. The molecule has 1 aromatic heterocycles. The summed E-state index contributed by atoms with van der Waals surface area (Å²) in [5, 5.41) is 11.9. The molecule has 1 aromatic carbocycles. The van der Waals surface area contributed by atoms with Gasteiger partial charge in [-0.2, -0.15) is 0 Å². The molecule has 9 heteroatoms. The molecule has 0 bridgehead atoms. The molecule has 0 radical (unpaired) electrons. The quantitative estimate of drug-likeness (QED) is 0.837. The summed E-state index contributed by atoms with van der Waals surface area (Å²) >= 11 is 1.17. The Labute approximate surface area is 107 Å². The Bertz CT molecular complexity index is 697. The van der Waals surface area contributed by atoms with Gasteiger partial charge in [-0.25, -0.2) is 13.6 Å². The zero-order valence-electron chi connectivity index (χ0n) is 8.95. The van der Waals surface area contributed by atoms with E-state index < -0.39 is 10.0 Å². The highest BCUT2D eigenvalue weighted by Gasteiger charge is 2.22. The molecule has 7 nitrogen and oxygen atoms in total. The van der Waals surface area contributed by atoms with E-state index in [0.29, 0.717) is 18.0 Å². The monoisotopic (exact) mass is 284 g/mol. The molecule has 0 saturated heterocycles. The number of ether oxygens (including phenoxy) is 1. The minimum atomic E-state index is -3.78. The summed E-state index contributed by atoms with van der Waals surface area (Å²) in [6, 6.07) is 2.90. The summed E-state index contributed by atoms with van der Waals surface area (Å²) in [6.07, 6.45) is 1.56. The predicted octanol–water partition coefficient (Wildman–Crippen LogP) is 0.614. The Balaban J connectivity index is 2.28. The van der Waals surface area contributed by atoms with Gasteiger partial charge in [0, 0.05) is 11.6 Å². The normalized spacial score (nSPS) is 13.8. The van der Waals surface area contributed by atoms with Crippen molar-refractivity contribution in [2.75, 3.05) is 12.0 Å². The SMILES string of the molecule is NS(=O)(=O)c1cc2c(c(-c3cnns3)c1)NCO2. The predicted molar refractivity (Wildman–Crippen MR) is 65.8 cm³/mol. The lowest BCUT2D eigenvalue weighted by atomic mass is 10.1. The van der Waals surface area contributed by atoms with Crippen molar-refractivity contribution in [2.24, 2.45) is 5.14 Å². The molecule has 0 fully saturated rings. The van der Waals surface area contributed by atoms with E-state index in [1.165, 1.54) is 23.7 Å². The van der Waals surface area contributed by atoms with Crippen molar-refractivity contribution < 1.29 is 13.2 Å². The molecule has 0 aliphatic carbocycles. The standard InChI is InChI=1S/C9H8N4O3S2/c10-18(14,15)5-1-6(8-3-12-13-17-8)9-7(2-5)16-4-11-9/h1-3,11H,4H2,(H2,10,14,15). The second-order valence-electron chi connectivity index (χ2n) is 3.64. The van der Waals surface area contributed by atoms with Gasteiger partial charge in [-0.3, -0.25) is 0 Å². The van der Waals surface area contributed by atoms with Crippen molar-refractivity contribution in [3.8, 4) is 16.2 Å². The van der Waals surface area contributed by atoms with Gasteiger partial charge in [0.2, 0.25) is 10.0 Å². The lowest BCUT2D eigenvalue weighted by molar-refractivity contribution is 0.371. The van der Waals surface area contributed by atoms with Gasteiger partial charge in [0.05, 0.1) is 21.7 Å². The molecule has 1 aliphatic rings. The van der Waals surface area contributed by atoms with Crippen molar-refractivity contribution in [1.29, 1.82) is 0 Å². The first-order chi connectivity index (χ1) is 8.55. The largest absolute Gasteiger partial charge is 0.471 e. The highest BCUT2D eigenvalue weighted by molar-refractivity contribution is 7.89. The Hall–Kier alpha value is -1.71. The first kappa shape index (κ1) is 11.4. The number of hydrogen-bond acceptors (Lipinski definition) is 7. The van der Waals surface area contributed by atoms with E-state index in [2.05, 4.69) is 14.9 Å². The van der Waals surface area contributed by atoms with Crippen LogP contribution in [0.2, 0.25) is 0 Å². The van der Waals surface area contributed by atoms with E-state index in [4.69, 9.17) is 9.88 Å². The molecule has 2 heterocycles. The summed E-state index contributed by atoms with van der Waals surface area (Å²) in [4.78, 5) is 0.753. The number of aromatic nitrogens is 2. The van der Waals surface area contributed by atoms with Gasteiger partial charge < -0.3 is 10.1 Å². The Kier molecular flexibility index (Phi) is 2.47. The molecule has 3 rings (SSSR count). The topological polar surface area (TPSA) is 107 Å². The summed E-state index contributed by atoms with van der Waals surface area (Å²) in [7, 11) is -3.78. The van der Waals surface area contributed by atoms with Gasteiger partial charge in [-0.15, -0.1) is 5.10 Å². The molecule has 0 spiro atoms. The highest BCUT2D eigenvalue weighted by Crippen LogP contribution is 2.41. The molecular formula is C9H8N4O3S2. The van der Waals surface area contributed by atoms with Crippen molar-refractivity contribution in [2.45, 2.75) is 4.90 Å². The minimum Gasteiger partial charge on any atom is -0.471 e. The number of hydrogen-bond donors (Lipinski definition) is 2. The maximum atomic E-state index is 11.4. The summed E-state index contributed by atoms with van der Waals surface area (Å²) in [5.41, 5.74) is 1.40. The van der Waals surface area contributed by atoms with E-state index in [0.717, 1.165) is 10.6 Å². The van der Waals surface area contributed by atoms with E-state index in [1.807, 2.05) is 0 Å². The first-order valence-corrected chi connectivity index (χ1v) is 7.23. The van der Waals surface area contributed by atoms with Crippen LogP contribution in [0.1, 0.15) is 0 Å². The maximum absolute atomic E-state index is 11.4. The zero-order valence-corrected chi connectivity index (χ0v) is 10.6. The van der Waals surface area contributed by atoms with Crippen LogP contribution in [0.4, 0.5) is 5.69 Å². The van der Waals surface area contributed by atoms with Crippen LogP contribution in [0.25, 0.3) is 10.4 Å². The molecule has 1 aliphatic heterocycles. The third-order valence-corrected chi connectivity index (χ3v) is 4.10. The van der Waals surface area contributed by atoms with Crippen LogP contribution in [-0.2, 0) is 10.0 Å². The van der Waals surface area contributed by atoms with Gasteiger partial charge in [-0.05, 0) is 17.6 Å². The number of rotatable bonds is 2. The van der Waals surface area contributed by atoms with Crippen LogP contribution in [-0.4, -0.2) is 24.7 Å². The lowest BCUT2D eigenvalue weighted by Gasteiger charge is -2.07.